The molecule has 0 radical (unpaired) electrons. The van der Waals surface area contributed by atoms with Crippen LogP contribution in [0.3, 0.4) is 0 Å². The third kappa shape index (κ3) is 6.80. The zero-order valence-electron chi connectivity index (χ0n) is 24.4. The van der Waals surface area contributed by atoms with Crippen LogP contribution in [0.5, 0.6) is 40.2 Å². The lowest BCUT2D eigenvalue weighted by Gasteiger charge is -2.13. The summed E-state index contributed by atoms with van der Waals surface area (Å²) >= 11 is 0. The van der Waals surface area contributed by atoms with E-state index >= 15 is 0 Å². The number of carbonyl (C=O) groups excluding carboxylic acids is 1. The van der Waals surface area contributed by atoms with Crippen LogP contribution in [0, 0.1) is 6.92 Å². The van der Waals surface area contributed by atoms with Crippen LogP contribution in [0.1, 0.15) is 21.5 Å². The second-order valence-corrected chi connectivity index (χ2v) is 10.2. The molecule has 5 heteroatoms. The fourth-order valence-corrected chi connectivity index (χ4v) is 4.70. The number of benzene rings is 6. The van der Waals surface area contributed by atoms with E-state index in [1.54, 1.807) is 31.4 Å². The summed E-state index contributed by atoms with van der Waals surface area (Å²) in [7, 11) is 1.65. The first-order valence-corrected chi connectivity index (χ1v) is 14.2. The number of ketones is 1. The molecule has 0 saturated heterocycles. The van der Waals surface area contributed by atoms with Gasteiger partial charge in [0.05, 0.1) is 12.7 Å². The van der Waals surface area contributed by atoms with Crippen LogP contribution in [0.25, 0.3) is 11.1 Å². The maximum atomic E-state index is 13.6. The highest BCUT2D eigenvalue weighted by Crippen LogP contribution is 2.32. The highest BCUT2D eigenvalue weighted by Gasteiger charge is 2.16. The molecular formula is C39H30O5. The maximum absolute atomic E-state index is 13.6. The molecule has 0 heterocycles. The fourth-order valence-electron chi connectivity index (χ4n) is 4.70. The Morgan fingerprint density at radius 3 is 1.48 bits per heavy atom. The summed E-state index contributed by atoms with van der Waals surface area (Å²) in [6.45, 7) is 1.96. The molecule has 5 nitrogen and oxygen atoms in total. The first kappa shape index (κ1) is 28.3. The van der Waals surface area contributed by atoms with Gasteiger partial charge in [-0.15, -0.1) is 0 Å². The van der Waals surface area contributed by atoms with Crippen molar-refractivity contribution in [2.24, 2.45) is 0 Å². The smallest absolute Gasteiger partial charge is 0.196 e. The number of methoxy groups -OCH3 is 1. The molecule has 0 amide bonds. The van der Waals surface area contributed by atoms with Gasteiger partial charge in [0, 0.05) is 5.56 Å². The van der Waals surface area contributed by atoms with E-state index in [1.807, 2.05) is 128 Å². The molecule has 0 unspecified atom stereocenters. The van der Waals surface area contributed by atoms with Crippen molar-refractivity contribution in [3.63, 3.8) is 0 Å². The molecule has 0 bridgehead atoms. The molecule has 0 N–H and O–H groups in total. The molecule has 0 aliphatic carbocycles. The summed E-state index contributed by atoms with van der Waals surface area (Å²) in [6.07, 6.45) is 0. The molecule has 0 aliphatic heterocycles. The van der Waals surface area contributed by atoms with E-state index in [1.165, 1.54) is 0 Å². The second kappa shape index (κ2) is 13.0. The maximum Gasteiger partial charge on any atom is 0.196 e. The monoisotopic (exact) mass is 578 g/mol. The number of ether oxygens (including phenoxy) is 4. The summed E-state index contributed by atoms with van der Waals surface area (Å²) in [4.78, 5) is 13.6. The number of rotatable bonds is 10. The molecule has 216 valence electrons. The van der Waals surface area contributed by atoms with Crippen LogP contribution in [0.15, 0.2) is 146 Å². The van der Waals surface area contributed by atoms with Crippen molar-refractivity contribution in [1.82, 2.24) is 0 Å². The van der Waals surface area contributed by atoms with Crippen molar-refractivity contribution in [3.8, 4) is 51.4 Å². The lowest BCUT2D eigenvalue weighted by atomic mass is 10.0. The molecule has 0 spiro atoms. The second-order valence-electron chi connectivity index (χ2n) is 10.2. The molecule has 44 heavy (non-hydrogen) atoms. The van der Waals surface area contributed by atoms with Crippen LogP contribution in [-0.4, -0.2) is 12.9 Å². The number of carbonyl (C=O) groups is 1. The van der Waals surface area contributed by atoms with Gasteiger partial charge in [-0.2, -0.15) is 0 Å². The minimum atomic E-state index is -0.132. The Morgan fingerprint density at radius 2 is 0.932 bits per heavy atom. The number of hydrogen-bond donors (Lipinski definition) is 0. The summed E-state index contributed by atoms with van der Waals surface area (Å²) in [6, 6.07) is 45.4. The molecule has 0 aliphatic rings. The van der Waals surface area contributed by atoms with Crippen LogP contribution >= 0.6 is 0 Å². The number of hydrogen-bond acceptors (Lipinski definition) is 5. The fraction of sp³-hybridized carbons (Fsp3) is 0.0513. The van der Waals surface area contributed by atoms with Gasteiger partial charge in [-0.3, -0.25) is 4.79 Å². The zero-order valence-corrected chi connectivity index (χ0v) is 24.4. The van der Waals surface area contributed by atoms with Gasteiger partial charge in [0.25, 0.3) is 0 Å². The molecule has 0 atom stereocenters. The number of para-hydroxylation sites is 1. The predicted octanol–water partition coefficient (Wildman–Crippen LogP) is 10.3. The van der Waals surface area contributed by atoms with Crippen LogP contribution in [0.4, 0.5) is 0 Å². The van der Waals surface area contributed by atoms with Crippen LogP contribution in [-0.2, 0) is 0 Å². The van der Waals surface area contributed by atoms with E-state index in [0.29, 0.717) is 39.9 Å². The molecular weight excluding hydrogens is 548 g/mol. The summed E-state index contributed by atoms with van der Waals surface area (Å²) in [5.41, 5.74) is 4.13. The van der Waals surface area contributed by atoms with E-state index in [2.05, 4.69) is 0 Å². The van der Waals surface area contributed by atoms with E-state index in [-0.39, 0.29) is 5.78 Å². The van der Waals surface area contributed by atoms with Crippen molar-refractivity contribution >= 4 is 5.78 Å². The standard InChI is InChI=1S/C39H30O5/c1-27-8-25-38(44-36-17-11-29(12-18-36)28-9-15-31(41-2)16-10-28)37(26-27)39(40)30-13-19-33(20-14-30)43-35-23-21-34(22-24-35)42-32-6-4-3-5-7-32/h3-26H,1-2H3. The normalized spacial score (nSPS) is 10.6. The van der Waals surface area contributed by atoms with Gasteiger partial charge in [-0.1, -0.05) is 54.1 Å². The predicted molar refractivity (Wildman–Crippen MR) is 173 cm³/mol. The van der Waals surface area contributed by atoms with Crippen molar-refractivity contribution in [1.29, 1.82) is 0 Å². The van der Waals surface area contributed by atoms with Crippen molar-refractivity contribution < 1.29 is 23.7 Å². The summed E-state index contributed by atoms with van der Waals surface area (Å²) < 4.78 is 23.3. The van der Waals surface area contributed by atoms with Gasteiger partial charge < -0.3 is 18.9 Å². The van der Waals surface area contributed by atoms with E-state index in [4.69, 9.17) is 18.9 Å². The van der Waals surface area contributed by atoms with Crippen molar-refractivity contribution in [2.75, 3.05) is 7.11 Å². The average molecular weight is 579 g/mol. The third-order valence-electron chi connectivity index (χ3n) is 7.04. The molecule has 0 saturated carbocycles. The first-order valence-electron chi connectivity index (χ1n) is 14.2. The van der Waals surface area contributed by atoms with E-state index < -0.39 is 0 Å². The minimum Gasteiger partial charge on any atom is -0.497 e. The molecule has 6 aromatic carbocycles. The summed E-state index contributed by atoms with van der Waals surface area (Å²) in [5.74, 6) is 4.59. The van der Waals surface area contributed by atoms with Gasteiger partial charge in [0.2, 0.25) is 0 Å². The van der Waals surface area contributed by atoms with Gasteiger partial charge in [0.15, 0.2) is 5.78 Å². The Bertz CT molecular complexity index is 1840. The third-order valence-corrected chi connectivity index (χ3v) is 7.04. The number of aryl methyl sites for hydroxylation is 1. The topological polar surface area (TPSA) is 54.0 Å². The highest BCUT2D eigenvalue weighted by atomic mass is 16.5. The Kier molecular flexibility index (Phi) is 8.37. The van der Waals surface area contributed by atoms with Gasteiger partial charge in [0.1, 0.15) is 40.2 Å². The highest BCUT2D eigenvalue weighted by molar-refractivity contribution is 6.11. The van der Waals surface area contributed by atoms with Gasteiger partial charge in [-0.05, 0) is 115 Å². The quantitative estimate of drug-likeness (QED) is 0.151. The van der Waals surface area contributed by atoms with E-state index in [0.717, 1.165) is 28.2 Å². The minimum absolute atomic E-state index is 0.132. The molecule has 0 fully saturated rings. The first-order chi connectivity index (χ1) is 21.5. The molecule has 6 rings (SSSR count). The Morgan fingerprint density at radius 1 is 0.477 bits per heavy atom. The Balaban J connectivity index is 1.13. The summed E-state index contributed by atoms with van der Waals surface area (Å²) in [5, 5.41) is 0. The van der Waals surface area contributed by atoms with Crippen molar-refractivity contribution in [2.45, 2.75) is 6.92 Å². The van der Waals surface area contributed by atoms with Crippen LogP contribution in [0.2, 0.25) is 0 Å². The lowest BCUT2D eigenvalue weighted by Crippen LogP contribution is -2.04. The van der Waals surface area contributed by atoms with Crippen molar-refractivity contribution in [3.05, 3.63) is 162 Å². The zero-order chi connectivity index (χ0) is 30.3. The largest absolute Gasteiger partial charge is 0.497 e. The van der Waals surface area contributed by atoms with Crippen LogP contribution < -0.4 is 18.9 Å². The molecule has 6 aromatic rings. The van der Waals surface area contributed by atoms with E-state index in [9.17, 15) is 4.79 Å². The lowest BCUT2D eigenvalue weighted by molar-refractivity contribution is 0.103. The van der Waals surface area contributed by atoms with Gasteiger partial charge >= 0.3 is 0 Å². The average Bonchev–Trinajstić information content (AvgIpc) is 3.07. The molecule has 0 aromatic heterocycles. The van der Waals surface area contributed by atoms with Gasteiger partial charge in [-0.25, -0.2) is 0 Å². The Hall–Kier alpha value is -5.81. The SMILES string of the molecule is COc1ccc(-c2ccc(Oc3ccc(C)cc3C(=O)c3ccc(Oc4ccc(Oc5ccccc5)cc4)cc3)cc2)cc1. The Labute approximate surface area is 256 Å².